The highest BCUT2D eigenvalue weighted by Gasteiger charge is 2.26. The van der Waals surface area contributed by atoms with Crippen molar-refractivity contribution in [1.29, 1.82) is 0 Å². The predicted molar refractivity (Wildman–Crippen MR) is 171 cm³/mol. The number of aromatic nitrogens is 6. The summed E-state index contributed by atoms with van der Waals surface area (Å²) in [7, 11) is 0. The van der Waals surface area contributed by atoms with Gasteiger partial charge in [0.15, 0.2) is 11.5 Å². The standard InChI is InChI=1S/C32H41N9O2/c1-5-15-39-31(43)26-21-33-32(35-30(26)41(39)28-11-12-29(42)40(36-28)22(2)3)34-24-9-10-27(23(4)20-24)38-18-13-25(14-19-38)37-16-7-6-8-17-37/h5,9-12,20-22,25H,1,6-8,13-19H2,2-4H3,(H,33,34,35). The van der Waals surface area contributed by atoms with Crippen molar-refractivity contribution in [1.82, 2.24) is 34.0 Å². The summed E-state index contributed by atoms with van der Waals surface area (Å²) in [6, 6.07) is 9.98. The third-order valence-corrected chi connectivity index (χ3v) is 8.66. The van der Waals surface area contributed by atoms with E-state index in [2.05, 4.69) is 56.9 Å². The molecule has 3 aromatic heterocycles. The SMILES string of the molecule is C=CCn1c(=O)c2cnc(Nc3ccc(N4CCC(N5CCCCC5)CC4)c(C)c3)nc2n1-c1ccc(=O)n(C(C)C)n1. The van der Waals surface area contributed by atoms with Crippen LogP contribution < -0.4 is 21.3 Å². The summed E-state index contributed by atoms with van der Waals surface area (Å²) in [4.78, 5) is 40.1. The fourth-order valence-corrected chi connectivity index (χ4v) is 6.48. The third kappa shape index (κ3) is 5.73. The molecule has 0 spiro atoms. The fourth-order valence-electron chi connectivity index (χ4n) is 6.48. The van der Waals surface area contributed by atoms with E-state index < -0.39 is 0 Å². The number of fused-ring (bicyclic) bond motifs is 1. The number of likely N-dealkylation sites (tertiary alicyclic amines) is 1. The van der Waals surface area contributed by atoms with Gasteiger partial charge in [-0.3, -0.25) is 9.59 Å². The van der Waals surface area contributed by atoms with Crippen LogP contribution in [0.2, 0.25) is 0 Å². The van der Waals surface area contributed by atoms with Crippen molar-refractivity contribution < 1.29 is 0 Å². The number of hydrogen-bond acceptors (Lipinski definition) is 8. The van der Waals surface area contributed by atoms with Gasteiger partial charge in [-0.05, 0) is 89.4 Å². The van der Waals surface area contributed by atoms with Crippen LogP contribution in [-0.2, 0) is 6.54 Å². The van der Waals surface area contributed by atoms with Crippen LogP contribution in [0.3, 0.4) is 0 Å². The number of hydrogen-bond donors (Lipinski definition) is 1. The lowest BCUT2D eigenvalue weighted by molar-refractivity contribution is 0.141. The van der Waals surface area contributed by atoms with Gasteiger partial charge in [-0.25, -0.2) is 19.0 Å². The smallest absolute Gasteiger partial charge is 0.278 e. The first-order valence-corrected chi connectivity index (χ1v) is 15.4. The molecule has 2 aliphatic heterocycles. The lowest BCUT2D eigenvalue weighted by Gasteiger charge is -2.41. The summed E-state index contributed by atoms with van der Waals surface area (Å²) < 4.78 is 4.53. The Balaban J connectivity index is 1.26. The molecular formula is C32H41N9O2. The van der Waals surface area contributed by atoms with Crippen LogP contribution in [-0.4, -0.2) is 66.2 Å². The average Bonchev–Trinajstić information content (AvgIpc) is 3.28. The first-order chi connectivity index (χ1) is 20.8. The van der Waals surface area contributed by atoms with E-state index in [1.807, 2.05) is 13.8 Å². The predicted octanol–water partition coefficient (Wildman–Crippen LogP) is 4.41. The van der Waals surface area contributed by atoms with E-state index in [-0.39, 0.29) is 23.7 Å². The highest BCUT2D eigenvalue weighted by molar-refractivity contribution is 5.77. The molecule has 226 valence electrons. The zero-order valence-electron chi connectivity index (χ0n) is 25.4. The summed E-state index contributed by atoms with van der Waals surface area (Å²) in [5.74, 6) is 0.778. The monoisotopic (exact) mass is 583 g/mol. The quantitative estimate of drug-likeness (QED) is 0.304. The molecule has 0 amide bonds. The van der Waals surface area contributed by atoms with Gasteiger partial charge >= 0.3 is 0 Å². The van der Waals surface area contributed by atoms with Crippen LogP contribution in [0.1, 0.15) is 57.6 Å². The molecule has 5 heterocycles. The van der Waals surface area contributed by atoms with E-state index in [1.165, 1.54) is 78.1 Å². The summed E-state index contributed by atoms with van der Waals surface area (Å²) in [6.45, 7) is 14.6. The Hall–Kier alpha value is -4.25. The van der Waals surface area contributed by atoms with Crippen molar-refractivity contribution in [3.63, 3.8) is 0 Å². The highest BCUT2D eigenvalue weighted by Crippen LogP contribution is 2.29. The van der Waals surface area contributed by atoms with Gasteiger partial charge in [-0.1, -0.05) is 12.5 Å². The van der Waals surface area contributed by atoms with Crippen LogP contribution in [0.15, 0.2) is 58.8 Å². The summed E-state index contributed by atoms with van der Waals surface area (Å²) in [5.41, 5.74) is 3.26. The average molecular weight is 584 g/mol. The molecule has 0 bridgehead atoms. The topological polar surface area (TPSA) is 106 Å². The molecule has 11 nitrogen and oxygen atoms in total. The Morgan fingerprint density at radius 2 is 1.81 bits per heavy atom. The molecular weight excluding hydrogens is 542 g/mol. The normalized spacial score (nSPS) is 16.7. The van der Waals surface area contributed by atoms with Crippen molar-refractivity contribution in [3.8, 4) is 5.82 Å². The zero-order valence-corrected chi connectivity index (χ0v) is 25.4. The molecule has 2 fully saturated rings. The van der Waals surface area contributed by atoms with Gasteiger partial charge in [0.25, 0.3) is 11.1 Å². The minimum absolute atomic E-state index is 0.145. The second-order valence-electron chi connectivity index (χ2n) is 11.9. The maximum absolute atomic E-state index is 13.3. The molecule has 1 N–H and O–H groups in total. The van der Waals surface area contributed by atoms with Gasteiger partial charge in [0.2, 0.25) is 5.95 Å². The minimum atomic E-state index is -0.255. The van der Waals surface area contributed by atoms with Crippen molar-refractivity contribution in [2.24, 2.45) is 0 Å². The van der Waals surface area contributed by atoms with E-state index in [0.717, 1.165) is 18.8 Å². The van der Waals surface area contributed by atoms with E-state index in [1.54, 1.807) is 16.8 Å². The lowest BCUT2D eigenvalue weighted by Crippen LogP contribution is -2.46. The maximum atomic E-state index is 13.3. The largest absolute Gasteiger partial charge is 0.371 e. The number of allylic oxidation sites excluding steroid dienone is 1. The molecule has 0 aliphatic carbocycles. The Bertz CT molecular complexity index is 1740. The molecule has 0 saturated carbocycles. The van der Waals surface area contributed by atoms with Gasteiger partial charge < -0.3 is 15.1 Å². The Morgan fingerprint density at radius 3 is 2.51 bits per heavy atom. The Kier molecular flexibility index (Phi) is 8.16. The van der Waals surface area contributed by atoms with Gasteiger partial charge in [-0.15, -0.1) is 11.7 Å². The van der Waals surface area contributed by atoms with Gasteiger partial charge in [-0.2, -0.15) is 4.98 Å². The van der Waals surface area contributed by atoms with E-state index in [0.29, 0.717) is 28.8 Å². The Labute approximate surface area is 251 Å². The van der Waals surface area contributed by atoms with E-state index in [4.69, 9.17) is 4.98 Å². The molecule has 2 aliphatic rings. The second kappa shape index (κ2) is 12.2. The molecule has 1 aromatic carbocycles. The molecule has 43 heavy (non-hydrogen) atoms. The first-order valence-electron chi connectivity index (χ1n) is 15.4. The number of nitrogens with zero attached hydrogens (tertiary/aromatic N) is 8. The first kappa shape index (κ1) is 28.9. The molecule has 2 saturated heterocycles. The fraction of sp³-hybridized carbons (Fsp3) is 0.469. The maximum Gasteiger partial charge on any atom is 0.278 e. The van der Waals surface area contributed by atoms with Crippen molar-refractivity contribution in [3.05, 3.63) is 75.5 Å². The van der Waals surface area contributed by atoms with Crippen molar-refractivity contribution in [2.45, 2.75) is 71.5 Å². The lowest BCUT2D eigenvalue weighted by atomic mass is 9.99. The number of aryl methyl sites for hydroxylation is 1. The van der Waals surface area contributed by atoms with Gasteiger partial charge in [0, 0.05) is 42.8 Å². The van der Waals surface area contributed by atoms with E-state index >= 15 is 0 Å². The summed E-state index contributed by atoms with van der Waals surface area (Å²) >= 11 is 0. The second-order valence-corrected chi connectivity index (χ2v) is 11.9. The molecule has 0 radical (unpaired) electrons. The summed E-state index contributed by atoms with van der Waals surface area (Å²) in [5, 5.41) is 8.23. The zero-order chi connectivity index (χ0) is 30.1. The number of piperidine rings is 2. The molecule has 4 aromatic rings. The number of benzene rings is 1. The van der Waals surface area contributed by atoms with Crippen LogP contribution in [0.25, 0.3) is 16.9 Å². The minimum Gasteiger partial charge on any atom is -0.371 e. The van der Waals surface area contributed by atoms with Crippen molar-refractivity contribution in [2.75, 3.05) is 36.4 Å². The van der Waals surface area contributed by atoms with Crippen LogP contribution in [0, 0.1) is 6.92 Å². The number of nitrogens with one attached hydrogen (secondary N) is 1. The van der Waals surface area contributed by atoms with Crippen LogP contribution in [0.5, 0.6) is 0 Å². The highest BCUT2D eigenvalue weighted by atomic mass is 16.1. The third-order valence-electron chi connectivity index (χ3n) is 8.66. The Morgan fingerprint density at radius 1 is 1.05 bits per heavy atom. The van der Waals surface area contributed by atoms with E-state index in [9.17, 15) is 9.59 Å². The summed E-state index contributed by atoms with van der Waals surface area (Å²) in [6.07, 6.45) is 9.66. The van der Waals surface area contributed by atoms with Crippen LogP contribution in [0.4, 0.5) is 17.3 Å². The van der Waals surface area contributed by atoms with Gasteiger partial charge in [0.1, 0.15) is 5.39 Å². The molecule has 0 atom stereocenters. The van der Waals surface area contributed by atoms with Crippen LogP contribution >= 0.6 is 0 Å². The number of anilines is 3. The van der Waals surface area contributed by atoms with Crippen molar-refractivity contribution >= 4 is 28.4 Å². The molecule has 11 heteroatoms. The van der Waals surface area contributed by atoms with Gasteiger partial charge in [0.05, 0.1) is 12.6 Å². The molecule has 0 unspecified atom stereocenters. The number of rotatable bonds is 8. The molecule has 6 rings (SSSR count).